The number of aryl methyl sites for hydroxylation is 1. The molecule has 0 aliphatic carbocycles. The van der Waals surface area contributed by atoms with Gasteiger partial charge in [0, 0.05) is 0 Å². The van der Waals surface area contributed by atoms with E-state index in [9.17, 15) is 0 Å². The highest BCUT2D eigenvalue weighted by Gasteiger charge is 2.08. The average molecular weight is 354 g/mol. The number of hydrogen-bond donors (Lipinski definition) is 0. The smallest absolute Gasteiger partial charge is 0.133 e. The van der Waals surface area contributed by atoms with Gasteiger partial charge in [0.2, 0.25) is 0 Å². The number of rotatable bonds is 6. The zero-order chi connectivity index (χ0) is 18.5. The predicted octanol–water partition coefficient (Wildman–Crippen LogP) is 5.59. The molecule has 4 rings (SSSR count). The number of imidazole rings is 1. The Morgan fingerprint density at radius 3 is 2.44 bits per heavy atom. The summed E-state index contributed by atoms with van der Waals surface area (Å²) in [4.78, 5) is 4.79. The van der Waals surface area contributed by atoms with Crippen LogP contribution in [0.3, 0.4) is 0 Å². The first kappa shape index (κ1) is 17.1. The van der Waals surface area contributed by atoms with Crippen molar-refractivity contribution in [3.63, 3.8) is 0 Å². The monoisotopic (exact) mass is 354 g/mol. The molecule has 0 amide bonds. The van der Waals surface area contributed by atoms with Crippen LogP contribution in [0, 0.1) is 6.92 Å². The summed E-state index contributed by atoms with van der Waals surface area (Å²) < 4.78 is 8.22. The molecule has 0 aliphatic rings. The van der Waals surface area contributed by atoms with Crippen LogP contribution in [-0.4, -0.2) is 16.2 Å². The minimum absolute atomic E-state index is 0.595. The quantitative estimate of drug-likeness (QED) is 0.451. The van der Waals surface area contributed by atoms with Crippen molar-refractivity contribution in [2.24, 2.45) is 0 Å². The number of fused-ring (bicyclic) bond motifs is 1. The van der Waals surface area contributed by atoms with Crippen molar-refractivity contribution in [3.8, 4) is 5.75 Å². The number of benzene rings is 3. The maximum absolute atomic E-state index is 6.00. The fraction of sp³-hybridized carbons (Fsp3) is 0.125. The predicted molar refractivity (Wildman–Crippen MR) is 112 cm³/mol. The maximum Gasteiger partial charge on any atom is 0.133 e. The molecule has 0 radical (unpaired) electrons. The van der Waals surface area contributed by atoms with Crippen molar-refractivity contribution in [3.05, 3.63) is 95.8 Å². The molecule has 0 fully saturated rings. The molecule has 134 valence electrons. The standard InChI is InChI=1S/C24H22N2O/c1-19-9-5-8-14-23(19)27-18-17-26-22-13-7-6-12-21(22)25-24(26)16-15-20-10-3-2-4-11-20/h2-16H,17-18H2,1H3/b16-15+. The van der Waals surface area contributed by atoms with E-state index in [2.05, 4.69) is 47.9 Å². The lowest BCUT2D eigenvalue weighted by Crippen LogP contribution is -2.10. The fourth-order valence-corrected chi connectivity index (χ4v) is 3.16. The van der Waals surface area contributed by atoms with Crippen LogP contribution >= 0.6 is 0 Å². The zero-order valence-corrected chi connectivity index (χ0v) is 15.4. The van der Waals surface area contributed by atoms with Crippen LogP contribution in [0.25, 0.3) is 23.2 Å². The van der Waals surface area contributed by atoms with Crippen LogP contribution in [-0.2, 0) is 6.54 Å². The van der Waals surface area contributed by atoms with Crippen LogP contribution in [0.15, 0.2) is 78.9 Å². The Morgan fingerprint density at radius 1 is 0.852 bits per heavy atom. The third kappa shape index (κ3) is 3.93. The van der Waals surface area contributed by atoms with E-state index in [-0.39, 0.29) is 0 Å². The summed E-state index contributed by atoms with van der Waals surface area (Å²) in [5.41, 5.74) is 4.43. The molecular weight excluding hydrogens is 332 g/mol. The molecule has 1 heterocycles. The van der Waals surface area contributed by atoms with Crippen molar-refractivity contribution in [2.75, 3.05) is 6.61 Å². The van der Waals surface area contributed by atoms with E-state index in [1.807, 2.05) is 54.6 Å². The number of para-hydroxylation sites is 3. The second kappa shape index (κ2) is 7.92. The Morgan fingerprint density at radius 2 is 1.59 bits per heavy atom. The highest BCUT2D eigenvalue weighted by molar-refractivity contribution is 5.79. The number of hydrogen-bond acceptors (Lipinski definition) is 2. The number of ether oxygens (including phenoxy) is 1. The summed E-state index contributed by atoms with van der Waals surface area (Å²) in [7, 11) is 0. The minimum Gasteiger partial charge on any atom is -0.491 e. The SMILES string of the molecule is Cc1ccccc1OCCn1c(/C=C/c2ccccc2)nc2ccccc21. The first-order chi connectivity index (χ1) is 13.3. The molecule has 0 aliphatic heterocycles. The van der Waals surface area contributed by atoms with E-state index in [4.69, 9.17) is 9.72 Å². The molecule has 3 heteroatoms. The molecule has 0 saturated heterocycles. The van der Waals surface area contributed by atoms with Crippen LogP contribution in [0.2, 0.25) is 0 Å². The molecule has 0 N–H and O–H groups in total. The second-order valence-corrected chi connectivity index (χ2v) is 6.47. The summed E-state index contributed by atoms with van der Waals surface area (Å²) in [6.07, 6.45) is 4.17. The molecule has 0 atom stereocenters. The van der Waals surface area contributed by atoms with E-state index in [1.165, 1.54) is 0 Å². The molecule has 4 aromatic rings. The third-order valence-corrected chi connectivity index (χ3v) is 4.57. The molecule has 0 saturated carbocycles. The average Bonchev–Trinajstić information content (AvgIpc) is 3.06. The van der Waals surface area contributed by atoms with Crippen molar-refractivity contribution >= 4 is 23.2 Å². The van der Waals surface area contributed by atoms with E-state index in [0.717, 1.165) is 40.3 Å². The summed E-state index contributed by atoms with van der Waals surface area (Å²) >= 11 is 0. The molecule has 3 nitrogen and oxygen atoms in total. The highest BCUT2D eigenvalue weighted by atomic mass is 16.5. The summed E-state index contributed by atoms with van der Waals surface area (Å²) in [5, 5.41) is 0. The van der Waals surface area contributed by atoms with Gasteiger partial charge in [-0.15, -0.1) is 0 Å². The van der Waals surface area contributed by atoms with Crippen LogP contribution < -0.4 is 4.74 Å². The van der Waals surface area contributed by atoms with Gasteiger partial charge in [0.25, 0.3) is 0 Å². The molecular formula is C24H22N2O. The third-order valence-electron chi connectivity index (χ3n) is 4.57. The van der Waals surface area contributed by atoms with Crippen LogP contribution in [0.4, 0.5) is 0 Å². The molecule has 3 aromatic carbocycles. The van der Waals surface area contributed by atoms with Gasteiger partial charge in [-0.2, -0.15) is 0 Å². The summed E-state index contributed by atoms with van der Waals surface area (Å²) in [5.74, 6) is 1.87. The Kier molecular flexibility index (Phi) is 5.01. The first-order valence-corrected chi connectivity index (χ1v) is 9.18. The van der Waals surface area contributed by atoms with Crippen molar-refractivity contribution in [1.82, 2.24) is 9.55 Å². The van der Waals surface area contributed by atoms with Gasteiger partial charge in [-0.05, 0) is 42.3 Å². The Balaban J connectivity index is 1.58. The Hall–Kier alpha value is -3.33. The highest BCUT2D eigenvalue weighted by Crippen LogP contribution is 2.20. The van der Waals surface area contributed by atoms with Crippen molar-refractivity contribution in [2.45, 2.75) is 13.5 Å². The normalized spacial score (nSPS) is 11.3. The zero-order valence-electron chi connectivity index (χ0n) is 15.4. The van der Waals surface area contributed by atoms with Gasteiger partial charge >= 0.3 is 0 Å². The first-order valence-electron chi connectivity index (χ1n) is 9.18. The van der Waals surface area contributed by atoms with Gasteiger partial charge in [-0.3, -0.25) is 0 Å². The van der Waals surface area contributed by atoms with Gasteiger partial charge < -0.3 is 9.30 Å². The van der Waals surface area contributed by atoms with Crippen LogP contribution in [0.5, 0.6) is 5.75 Å². The molecule has 0 unspecified atom stereocenters. The summed E-state index contributed by atoms with van der Waals surface area (Å²) in [6, 6.07) is 26.6. The topological polar surface area (TPSA) is 27.1 Å². The molecule has 0 bridgehead atoms. The van der Waals surface area contributed by atoms with Crippen molar-refractivity contribution < 1.29 is 4.74 Å². The molecule has 27 heavy (non-hydrogen) atoms. The van der Waals surface area contributed by atoms with E-state index in [1.54, 1.807) is 0 Å². The lowest BCUT2D eigenvalue weighted by Gasteiger charge is -2.11. The summed E-state index contributed by atoms with van der Waals surface area (Å²) in [6.45, 7) is 3.40. The van der Waals surface area contributed by atoms with Gasteiger partial charge in [-0.1, -0.05) is 66.7 Å². The van der Waals surface area contributed by atoms with Gasteiger partial charge in [0.1, 0.15) is 18.2 Å². The number of aromatic nitrogens is 2. The van der Waals surface area contributed by atoms with Gasteiger partial charge in [-0.25, -0.2) is 4.98 Å². The molecule has 0 spiro atoms. The lowest BCUT2D eigenvalue weighted by atomic mass is 10.2. The lowest BCUT2D eigenvalue weighted by molar-refractivity contribution is 0.298. The minimum atomic E-state index is 0.595. The van der Waals surface area contributed by atoms with E-state index >= 15 is 0 Å². The number of nitrogens with zero attached hydrogens (tertiary/aromatic N) is 2. The van der Waals surface area contributed by atoms with Crippen molar-refractivity contribution in [1.29, 1.82) is 0 Å². The Bertz CT molecular complexity index is 1060. The Labute approximate surface area is 159 Å². The molecule has 1 aromatic heterocycles. The van der Waals surface area contributed by atoms with Gasteiger partial charge in [0.15, 0.2) is 0 Å². The second-order valence-electron chi connectivity index (χ2n) is 6.47. The van der Waals surface area contributed by atoms with E-state index in [0.29, 0.717) is 6.61 Å². The van der Waals surface area contributed by atoms with Crippen LogP contribution in [0.1, 0.15) is 17.0 Å². The fourth-order valence-electron chi connectivity index (χ4n) is 3.16. The largest absolute Gasteiger partial charge is 0.491 e. The van der Waals surface area contributed by atoms with Gasteiger partial charge in [0.05, 0.1) is 17.6 Å². The maximum atomic E-state index is 6.00. The van der Waals surface area contributed by atoms with E-state index < -0.39 is 0 Å².